The number of pyridine rings is 1. The van der Waals surface area contributed by atoms with Crippen molar-refractivity contribution in [2.75, 3.05) is 0 Å². The third-order valence-corrected chi connectivity index (χ3v) is 4.17. The molecule has 5 nitrogen and oxygen atoms in total. The number of nitrogens with one attached hydrogen (secondary N) is 1. The van der Waals surface area contributed by atoms with Gasteiger partial charge >= 0.3 is 12.1 Å². The minimum atomic E-state index is -4.75. The minimum Gasteiger partial charge on any atom is -0.329 e. The van der Waals surface area contributed by atoms with Crippen LogP contribution in [0.25, 0.3) is 22.2 Å². The van der Waals surface area contributed by atoms with Gasteiger partial charge in [-0.15, -0.1) is 0 Å². The lowest BCUT2D eigenvalue weighted by molar-refractivity contribution is -0.159. The number of aromatic amines is 1. The third-order valence-electron chi connectivity index (χ3n) is 4.17. The summed E-state index contributed by atoms with van der Waals surface area (Å²) in [6.07, 6.45) is -3.19. The molecular weight excluding hydrogens is 359 g/mol. The van der Waals surface area contributed by atoms with Crippen molar-refractivity contribution in [2.45, 2.75) is 12.6 Å². The molecule has 0 fully saturated rings. The van der Waals surface area contributed by atoms with Gasteiger partial charge in [-0.05, 0) is 22.4 Å². The van der Waals surface area contributed by atoms with E-state index in [-0.39, 0.29) is 23.4 Å². The van der Waals surface area contributed by atoms with Crippen molar-refractivity contribution in [3.05, 3.63) is 82.1 Å². The highest BCUT2D eigenvalue weighted by Gasteiger charge is 2.38. The molecule has 0 radical (unpaired) electrons. The fraction of sp³-hybridized carbons (Fsp3) is 0.105. The fourth-order valence-corrected chi connectivity index (χ4v) is 2.90. The summed E-state index contributed by atoms with van der Waals surface area (Å²) in [5.74, 6) is -1.72. The average molecular weight is 371 g/mol. The molecule has 2 aromatic carbocycles. The molecule has 0 aliphatic heterocycles. The smallest absolute Gasteiger partial charge is 0.329 e. The number of hydrogen-bond donors (Lipinski definition) is 1. The fourth-order valence-electron chi connectivity index (χ4n) is 2.90. The largest absolute Gasteiger partial charge is 0.471 e. The molecule has 2 aromatic heterocycles. The Morgan fingerprint density at radius 2 is 1.81 bits per heavy atom. The van der Waals surface area contributed by atoms with Crippen molar-refractivity contribution in [1.82, 2.24) is 15.1 Å². The molecule has 0 atom stereocenters. The van der Waals surface area contributed by atoms with E-state index in [1.54, 1.807) is 0 Å². The van der Waals surface area contributed by atoms with Gasteiger partial charge in [0.25, 0.3) is 5.56 Å². The van der Waals surface area contributed by atoms with E-state index in [0.29, 0.717) is 0 Å². The first-order chi connectivity index (χ1) is 12.9. The Labute approximate surface area is 150 Å². The van der Waals surface area contributed by atoms with E-state index in [0.717, 1.165) is 16.3 Å². The number of aromatic nitrogens is 3. The van der Waals surface area contributed by atoms with Gasteiger partial charge in [-0.2, -0.15) is 18.2 Å². The van der Waals surface area contributed by atoms with E-state index in [1.807, 2.05) is 42.5 Å². The second-order valence-corrected chi connectivity index (χ2v) is 5.98. The Balaban J connectivity index is 1.76. The first kappa shape index (κ1) is 17.0. The van der Waals surface area contributed by atoms with Crippen LogP contribution >= 0.6 is 0 Å². The number of hydrogen-bond acceptors (Lipinski definition) is 4. The quantitative estimate of drug-likeness (QED) is 0.586. The first-order valence-electron chi connectivity index (χ1n) is 8.01. The highest BCUT2D eigenvalue weighted by atomic mass is 19.4. The van der Waals surface area contributed by atoms with Gasteiger partial charge in [-0.3, -0.25) is 4.79 Å². The summed E-state index contributed by atoms with van der Waals surface area (Å²) in [6, 6.07) is 14.9. The van der Waals surface area contributed by atoms with Crippen LogP contribution < -0.4 is 5.56 Å². The van der Waals surface area contributed by atoms with Crippen LogP contribution in [0.2, 0.25) is 0 Å². The van der Waals surface area contributed by atoms with E-state index >= 15 is 0 Å². The van der Waals surface area contributed by atoms with Gasteiger partial charge in [-0.25, -0.2) is 0 Å². The van der Waals surface area contributed by atoms with Crippen LogP contribution in [0.1, 0.15) is 17.0 Å². The number of rotatable bonds is 3. The molecule has 4 aromatic rings. The molecule has 27 heavy (non-hydrogen) atoms. The summed E-state index contributed by atoms with van der Waals surface area (Å²) >= 11 is 0. The summed E-state index contributed by atoms with van der Waals surface area (Å²) < 4.78 is 42.5. The van der Waals surface area contributed by atoms with Crippen LogP contribution in [0.4, 0.5) is 13.2 Å². The molecule has 0 aliphatic carbocycles. The van der Waals surface area contributed by atoms with Crippen LogP contribution in [0.15, 0.2) is 64.0 Å². The Hall–Kier alpha value is -3.42. The number of alkyl halides is 3. The molecule has 0 unspecified atom stereocenters. The lowest BCUT2D eigenvalue weighted by Crippen LogP contribution is -2.14. The van der Waals surface area contributed by atoms with Crippen LogP contribution in [0.5, 0.6) is 0 Å². The van der Waals surface area contributed by atoms with Gasteiger partial charge in [0.15, 0.2) is 0 Å². The Morgan fingerprint density at radius 1 is 1.04 bits per heavy atom. The van der Waals surface area contributed by atoms with E-state index < -0.39 is 17.6 Å². The van der Waals surface area contributed by atoms with Crippen molar-refractivity contribution in [3.8, 4) is 11.4 Å². The lowest BCUT2D eigenvalue weighted by atomic mass is 9.99. The number of halogens is 3. The molecule has 2 heterocycles. The van der Waals surface area contributed by atoms with Crippen molar-refractivity contribution < 1.29 is 17.7 Å². The Bertz CT molecular complexity index is 1180. The lowest BCUT2D eigenvalue weighted by Gasteiger charge is -2.07. The maximum absolute atomic E-state index is 12.7. The zero-order valence-electron chi connectivity index (χ0n) is 13.7. The summed E-state index contributed by atoms with van der Waals surface area (Å²) in [4.78, 5) is 18.3. The standard InChI is InChI=1S/C19H12F3N3O2/c20-19(21,22)18-24-16(25-27-18)14-7-8-23-17(26)15(14)10-11-5-6-12-3-1-2-4-13(12)9-11/h1-9H,10H2,(H,23,26). The van der Waals surface area contributed by atoms with Crippen molar-refractivity contribution in [1.29, 1.82) is 0 Å². The summed E-state index contributed by atoms with van der Waals surface area (Å²) in [5, 5.41) is 5.44. The van der Waals surface area contributed by atoms with Crippen molar-refractivity contribution in [2.24, 2.45) is 0 Å². The molecule has 0 spiro atoms. The van der Waals surface area contributed by atoms with E-state index in [9.17, 15) is 18.0 Å². The monoisotopic (exact) mass is 371 g/mol. The molecule has 136 valence electrons. The van der Waals surface area contributed by atoms with Gasteiger partial charge in [0.1, 0.15) is 0 Å². The van der Waals surface area contributed by atoms with E-state index in [2.05, 4.69) is 19.6 Å². The van der Waals surface area contributed by atoms with Gasteiger partial charge in [0.05, 0.1) is 0 Å². The van der Waals surface area contributed by atoms with Crippen LogP contribution in [0.3, 0.4) is 0 Å². The first-order valence-corrected chi connectivity index (χ1v) is 8.01. The maximum Gasteiger partial charge on any atom is 0.471 e. The third kappa shape index (κ3) is 3.33. The van der Waals surface area contributed by atoms with Crippen LogP contribution in [-0.2, 0) is 12.6 Å². The van der Waals surface area contributed by atoms with Gasteiger partial charge in [-0.1, -0.05) is 47.6 Å². The normalized spacial score (nSPS) is 11.8. The predicted octanol–water partition coefficient (Wildman–Crippen LogP) is 4.19. The summed E-state index contributed by atoms with van der Waals surface area (Å²) in [7, 11) is 0. The molecule has 0 bridgehead atoms. The van der Waals surface area contributed by atoms with Gasteiger partial charge < -0.3 is 9.51 Å². The molecule has 4 rings (SSSR count). The average Bonchev–Trinajstić information content (AvgIpc) is 3.14. The molecule has 0 saturated carbocycles. The summed E-state index contributed by atoms with van der Waals surface area (Å²) in [6.45, 7) is 0. The van der Waals surface area contributed by atoms with Crippen molar-refractivity contribution in [3.63, 3.8) is 0 Å². The number of nitrogens with zero attached hydrogens (tertiary/aromatic N) is 2. The Morgan fingerprint density at radius 3 is 2.56 bits per heavy atom. The van der Waals surface area contributed by atoms with Crippen LogP contribution in [-0.4, -0.2) is 15.1 Å². The maximum atomic E-state index is 12.7. The molecule has 0 saturated heterocycles. The second-order valence-electron chi connectivity index (χ2n) is 5.98. The van der Waals surface area contributed by atoms with E-state index in [4.69, 9.17) is 0 Å². The molecule has 1 N–H and O–H groups in total. The number of benzene rings is 2. The van der Waals surface area contributed by atoms with Crippen molar-refractivity contribution >= 4 is 10.8 Å². The highest BCUT2D eigenvalue weighted by Crippen LogP contribution is 2.30. The number of fused-ring (bicyclic) bond motifs is 1. The zero-order chi connectivity index (χ0) is 19.0. The SMILES string of the molecule is O=c1[nH]ccc(-c2noc(C(F)(F)F)n2)c1Cc1ccc2ccccc2c1. The highest BCUT2D eigenvalue weighted by molar-refractivity contribution is 5.83. The molecule has 8 heteroatoms. The van der Waals surface area contributed by atoms with Gasteiger partial charge in [0.2, 0.25) is 5.82 Å². The second kappa shape index (κ2) is 6.39. The summed E-state index contributed by atoms with van der Waals surface area (Å²) in [5.41, 5.74) is 0.888. The molecular formula is C19H12F3N3O2. The van der Waals surface area contributed by atoms with E-state index in [1.165, 1.54) is 12.3 Å². The zero-order valence-corrected chi connectivity index (χ0v) is 13.7. The predicted molar refractivity (Wildman–Crippen MR) is 92.1 cm³/mol. The van der Waals surface area contributed by atoms with Crippen LogP contribution in [0, 0.1) is 0 Å². The molecule has 0 aliphatic rings. The van der Waals surface area contributed by atoms with Gasteiger partial charge in [0, 0.05) is 23.7 Å². The number of H-pyrrole nitrogens is 1. The minimum absolute atomic E-state index is 0.200. The molecule has 0 amide bonds. The topological polar surface area (TPSA) is 71.8 Å². The Kier molecular flexibility index (Phi) is 4.02.